The highest BCUT2D eigenvalue weighted by Gasteiger charge is 2.60. The third kappa shape index (κ3) is 2.76. The molecular weight excluding hydrogens is 340 g/mol. The van der Waals surface area contributed by atoms with Crippen molar-refractivity contribution in [2.75, 3.05) is 0 Å². The number of tetrazole rings is 1. The molecule has 4 bridgehead atoms. The van der Waals surface area contributed by atoms with Gasteiger partial charge in [-0.1, -0.05) is 12.1 Å². The van der Waals surface area contributed by atoms with E-state index in [1.165, 1.54) is 6.42 Å². The van der Waals surface area contributed by atoms with Gasteiger partial charge in [0.1, 0.15) is 0 Å². The van der Waals surface area contributed by atoms with Crippen molar-refractivity contribution in [1.82, 2.24) is 25.5 Å². The zero-order valence-electron chi connectivity index (χ0n) is 15.7. The zero-order valence-corrected chi connectivity index (χ0v) is 15.7. The van der Waals surface area contributed by atoms with Crippen molar-refractivity contribution in [2.24, 2.45) is 17.6 Å². The lowest BCUT2D eigenvalue weighted by Crippen LogP contribution is -2.66. The Balaban J connectivity index is 1.42. The fourth-order valence-corrected chi connectivity index (χ4v) is 6.18. The van der Waals surface area contributed by atoms with E-state index >= 15 is 0 Å². The molecule has 1 aromatic heterocycles. The second-order valence-corrected chi connectivity index (χ2v) is 8.95. The molecule has 0 unspecified atom stereocenters. The molecule has 1 amide bonds. The van der Waals surface area contributed by atoms with Gasteiger partial charge in [-0.25, -0.2) is 0 Å². The average molecular weight is 366 g/mol. The summed E-state index contributed by atoms with van der Waals surface area (Å²) in [6, 6.07) is 7.60. The third-order valence-corrected chi connectivity index (χ3v) is 6.80. The molecule has 3 N–H and O–H groups in total. The van der Waals surface area contributed by atoms with Gasteiger partial charge in [0, 0.05) is 17.6 Å². The summed E-state index contributed by atoms with van der Waals surface area (Å²) in [5, 5.41) is 16.4. The maximum Gasteiger partial charge on any atom is 0.251 e. The molecule has 4 saturated carbocycles. The molecule has 0 saturated heterocycles. The number of aromatic nitrogens is 4. The summed E-state index contributed by atoms with van der Waals surface area (Å²) in [7, 11) is 0. The molecule has 4 aliphatic rings. The van der Waals surface area contributed by atoms with Crippen LogP contribution in [0.3, 0.4) is 0 Å². The normalized spacial score (nSPS) is 34.0. The molecule has 0 radical (unpaired) electrons. The molecule has 6 rings (SSSR count). The predicted octanol–water partition coefficient (Wildman–Crippen LogP) is 1.92. The lowest BCUT2D eigenvalue weighted by atomic mass is 9.50. The highest BCUT2D eigenvalue weighted by atomic mass is 16.1. The van der Waals surface area contributed by atoms with Crippen LogP contribution in [0.25, 0.3) is 0 Å². The molecule has 142 valence electrons. The molecule has 4 fully saturated rings. The van der Waals surface area contributed by atoms with Crippen LogP contribution in [0.5, 0.6) is 0 Å². The van der Waals surface area contributed by atoms with Gasteiger partial charge in [-0.15, -0.1) is 10.2 Å². The minimum Gasteiger partial charge on any atom is -0.346 e. The van der Waals surface area contributed by atoms with E-state index in [1.807, 2.05) is 36.0 Å². The summed E-state index contributed by atoms with van der Waals surface area (Å²) in [4.78, 5) is 14.8. The highest BCUT2D eigenvalue weighted by molar-refractivity contribution is 5.94. The lowest BCUT2D eigenvalue weighted by Gasteiger charge is -2.61. The minimum atomic E-state index is -0.157. The SMILES string of the molecule is Cc1nnn(C23C[C@H]4C[C@@H](CC(NC(=O)c5ccc(CN)cc5)(C4)C2)C3)n1. The van der Waals surface area contributed by atoms with Gasteiger partial charge in [0.05, 0.1) is 5.54 Å². The zero-order chi connectivity index (χ0) is 18.6. The van der Waals surface area contributed by atoms with Gasteiger partial charge in [0.15, 0.2) is 5.82 Å². The van der Waals surface area contributed by atoms with Crippen LogP contribution in [0.1, 0.15) is 60.3 Å². The highest BCUT2D eigenvalue weighted by Crippen LogP contribution is 2.60. The quantitative estimate of drug-likeness (QED) is 0.861. The topological polar surface area (TPSA) is 98.7 Å². The Morgan fingerprint density at radius 1 is 1.22 bits per heavy atom. The minimum absolute atomic E-state index is 0.0124. The molecule has 7 nitrogen and oxygen atoms in total. The second-order valence-electron chi connectivity index (χ2n) is 8.95. The monoisotopic (exact) mass is 366 g/mol. The van der Waals surface area contributed by atoms with Crippen LogP contribution in [-0.2, 0) is 12.1 Å². The van der Waals surface area contributed by atoms with Gasteiger partial charge in [-0.05, 0) is 80.2 Å². The smallest absolute Gasteiger partial charge is 0.251 e. The van der Waals surface area contributed by atoms with Crippen LogP contribution in [0, 0.1) is 18.8 Å². The molecule has 2 atom stereocenters. The molecule has 7 heteroatoms. The predicted molar refractivity (Wildman–Crippen MR) is 99.7 cm³/mol. The average Bonchev–Trinajstić information content (AvgIpc) is 3.07. The van der Waals surface area contributed by atoms with Gasteiger partial charge in [-0.3, -0.25) is 4.79 Å². The number of amides is 1. The van der Waals surface area contributed by atoms with Gasteiger partial charge in [0.2, 0.25) is 0 Å². The summed E-state index contributed by atoms with van der Waals surface area (Å²) < 4.78 is 0. The van der Waals surface area contributed by atoms with Crippen molar-refractivity contribution >= 4 is 5.91 Å². The second kappa shape index (κ2) is 5.86. The van der Waals surface area contributed by atoms with Crippen molar-refractivity contribution in [3.05, 3.63) is 41.2 Å². The largest absolute Gasteiger partial charge is 0.346 e. The van der Waals surface area contributed by atoms with E-state index in [0.29, 0.717) is 29.8 Å². The van der Waals surface area contributed by atoms with E-state index in [-0.39, 0.29) is 17.0 Å². The van der Waals surface area contributed by atoms with E-state index in [1.54, 1.807) is 0 Å². The molecular formula is C20H26N6O. The Kier molecular flexibility index (Phi) is 3.66. The van der Waals surface area contributed by atoms with E-state index < -0.39 is 0 Å². The van der Waals surface area contributed by atoms with Crippen molar-refractivity contribution in [1.29, 1.82) is 0 Å². The first-order chi connectivity index (χ1) is 13.0. The summed E-state index contributed by atoms with van der Waals surface area (Å²) in [6.07, 6.45) is 6.48. The number of carbonyl (C=O) groups excluding carboxylic acids is 1. The number of hydrogen-bond donors (Lipinski definition) is 2. The molecule has 2 aromatic rings. The number of aryl methyl sites for hydroxylation is 1. The number of carbonyl (C=O) groups is 1. The van der Waals surface area contributed by atoms with Gasteiger partial charge in [0.25, 0.3) is 5.91 Å². The molecule has 1 heterocycles. The summed E-state index contributed by atoms with van der Waals surface area (Å²) in [5.74, 6) is 1.97. The Labute approximate surface area is 158 Å². The Bertz CT molecular complexity index is 859. The Hall–Kier alpha value is -2.28. The molecule has 1 aromatic carbocycles. The van der Waals surface area contributed by atoms with Crippen molar-refractivity contribution in [3.63, 3.8) is 0 Å². The Morgan fingerprint density at radius 3 is 2.52 bits per heavy atom. The maximum atomic E-state index is 13.0. The molecule has 0 spiro atoms. The first-order valence-electron chi connectivity index (χ1n) is 9.88. The molecule has 4 aliphatic carbocycles. The van der Waals surface area contributed by atoms with Crippen molar-refractivity contribution in [2.45, 2.75) is 63.1 Å². The lowest BCUT2D eigenvalue weighted by molar-refractivity contribution is -0.0811. The van der Waals surface area contributed by atoms with Crippen LogP contribution in [-0.4, -0.2) is 31.7 Å². The van der Waals surface area contributed by atoms with Crippen molar-refractivity contribution in [3.8, 4) is 0 Å². The molecule has 27 heavy (non-hydrogen) atoms. The first kappa shape index (κ1) is 16.9. The van der Waals surface area contributed by atoms with Crippen LogP contribution in [0.4, 0.5) is 0 Å². The number of nitrogens with one attached hydrogen (secondary N) is 1. The number of rotatable bonds is 4. The fraction of sp³-hybridized carbons (Fsp3) is 0.600. The van der Waals surface area contributed by atoms with E-state index in [4.69, 9.17) is 5.73 Å². The van der Waals surface area contributed by atoms with Crippen LogP contribution in [0.15, 0.2) is 24.3 Å². The number of nitrogens with zero attached hydrogens (tertiary/aromatic N) is 4. The van der Waals surface area contributed by atoms with Gasteiger partial charge >= 0.3 is 0 Å². The standard InChI is InChI=1S/C20H26N6O/c1-13-23-25-26(24-13)20-9-15-6-16(10-20)8-19(7-15,12-20)22-18(27)17-4-2-14(11-21)3-5-17/h2-5,15-16H,6-12,21H2,1H3,(H,22,27)/t15-,16-,19?,20?/m0/s1. The maximum absolute atomic E-state index is 13.0. The van der Waals surface area contributed by atoms with Gasteiger partial charge in [-0.2, -0.15) is 4.80 Å². The number of hydrogen-bond acceptors (Lipinski definition) is 5. The number of nitrogens with two attached hydrogens (primary N) is 1. The van der Waals surface area contributed by atoms with Crippen LogP contribution in [0.2, 0.25) is 0 Å². The summed E-state index contributed by atoms with van der Waals surface area (Å²) in [5.41, 5.74) is 7.15. The van der Waals surface area contributed by atoms with Crippen LogP contribution >= 0.6 is 0 Å². The third-order valence-electron chi connectivity index (χ3n) is 6.80. The summed E-state index contributed by atoms with van der Waals surface area (Å²) >= 11 is 0. The van der Waals surface area contributed by atoms with Gasteiger partial charge < -0.3 is 11.1 Å². The van der Waals surface area contributed by atoms with E-state index in [9.17, 15) is 4.79 Å². The summed E-state index contributed by atoms with van der Waals surface area (Å²) in [6.45, 7) is 2.37. The fourth-order valence-electron chi connectivity index (χ4n) is 6.18. The van der Waals surface area contributed by atoms with E-state index in [2.05, 4.69) is 20.7 Å². The first-order valence-corrected chi connectivity index (χ1v) is 9.88. The number of benzene rings is 1. The van der Waals surface area contributed by atoms with Crippen molar-refractivity contribution < 1.29 is 4.79 Å². The van der Waals surface area contributed by atoms with E-state index in [0.717, 1.165) is 37.7 Å². The molecule has 0 aliphatic heterocycles. The van der Waals surface area contributed by atoms with Crippen LogP contribution < -0.4 is 11.1 Å². The Morgan fingerprint density at radius 2 is 1.93 bits per heavy atom.